The summed E-state index contributed by atoms with van der Waals surface area (Å²) >= 11 is 3.13. The Balaban J connectivity index is 2.45. The molecule has 2 aromatic rings. The molecule has 0 saturated heterocycles. The zero-order valence-electron chi connectivity index (χ0n) is 5.15. The highest BCUT2D eigenvalue weighted by Gasteiger charge is 2.08. The number of halogens is 1. The molecule has 1 N–H and O–H groups in total. The third-order valence-corrected chi connectivity index (χ3v) is 1.42. The Bertz CT molecular complexity index is 341. The van der Waals surface area contributed by atoms with E-state index in [1.807, 2.05) is 0 Å². The summed E-state index contributed by atoms with van der Waals surface area (Å²) in [6.45, 7) is 0. The molecule has 0 aromatic carbocycles. The maximum absolute atomic E-state index is 4.83. The first-order valence-electron chi connectivity index (χ1n) is 2.72. The maximum atomic E-state index is 4.83. The van der Waals surface area contributed by atoms with E-state index in [1.165, 1.54) is 0 Å². The van der Waals surface area contributed by atoms with E-state index in [2.05, 4.69) is 41.7 Å². The number of aromatic nitrogens is 5. The van der Waals surface area contributed by atoms with Crippen LogP contribution >= 0.6 is 15.9 Å². The molecule has 0 saturated carbocycles. The third-order valence-electron chi connectivity index (χ3n) is 1.05. The van der Waals surface area contributed by atoms with E-state index in [0.717, 1.165) is 0 Å². The molecule has 0 aliphatic rings. The van der Waals surface area contributed by atoms with Crippen LogP contribution in [0.5, 0.6) is 0 Å². The van der Waals surface area contributed by atoms with Crippen molar-refractivity contribution in [3.05, 3.63) is 10.7 Å². The lowest BCUT2D eigenvalue weighted by Gasteiger charge is -1.77. The van der Waals surface area contributed by atoms with Crippen LogP contribution in [0.2, 0.25) is 0 Å². The van der Waals surface area contributed by atoms with Gasteiger partial charge in [-0.25, -0.2) is 0 Å². The first kappa shape index (κ1) is 6.47. The zero-order valence-corrected chi connectivity index (χ0v) is 6.74. The van der Waals surface area contributed by atoms with E-state index in [0.29, 0.717) is 16.2 Å². The van der Waals surface area contributed by atoms with Crippen LogP contribution in [0.25, 0.3) is 11.6 Å². The lowest BCUT2D eigenvalue weighted by atomic mass is 10.4. The molecule has 0 radical (unpaired) electrons. The van der Waals surface area contributed by atoms with Crippen LogP contribution in [0.15, 0.2) is 15.2 Å². The minimum atomic E-state index is 0.392. The standard InChI is InChI=1S/C4H2BrN5O/c5-3-1-2(11-8-3)4-6-9-10-7-4/h1H,(H,6,7,9,10). The summed E-state index contributed by atoms with van der Waals surface area (Å²) in [5.41, 5.74) is 0. The molecule has 0 unspecified atom stereocenters. The molecule has 0 bridgehead atoms. The van der Waals surface area contributed by atoms with E-state index in [4.69, 9.17) is 4.52 Å². The van der Waals surface area contributed by atoms with E-state index >= 15 is 0 Å². The van der Waals surface area contributed by atoms with Gasteiger partial charge in [-0.3, -0.25) is 0 Å². The Hall–Kier alpha value is -1.24. The average Bonchev–Trinajstić information content (AvgIpc) is 2.55. The highest BCUT2D eigenvalue weighted by atomic mass is 79.9. The van der Waals surface area contributed by atoms with Gasteiger partial charge in [-0.15, -0.1) is 10.2 Å². The molecule has 0 aliphatic carbocycles. The summed E-state index contributed by atoms with van der Waals surface area (Å²) in [7, 11) is 0. The molecule has 0 aliphatic heterocycles. The molecule has 0 fully saturated rings. The number of aromatic amines is 1. The van der Waals surface area contributed by atoms with Crippen molar-refractivity contribution in [2.45, 2.75) is 0 Å². The van der Waals surface area contributed by atoms with Crippen molar-refractivity contribution < 1.29 is 4.52 Å². The lowest BCUT2D eigenvalue weighted by molar-refractivity contribution is 0.425. The largest absolute Gasteiger partial charge is 0.352 e. The fourth-order valence-electron chi connectivity index (χ4n) is 0.625. The normalized spacial score (nSPS) is 10.3. The summed E-state index contributed by atoms with van der Waals surface area (Å²) in [5.74, 6) is 0.869. The van der Waals surface area contributed by atoms with Crippen LogP contribution in [0.1, 0.15) is 0 Å². The van der Waals surface area contributed by atoms with Crippen molar-refractivity contribution in [3.8, 4) is 11.6 Å². The lowest BCUT2D eigenvalue weighted by Crippen LogP contribution is -1.75. The van der Waals surface area contributed by atoms with Crippen LogP contribution < -0.4 is 0 Å². The summed E-state index contributed by atoms with van der Waals surface area (Å²) < 4.78 is 5.44. The molecule has 0 amide bonds. The predicted molar refractivity (Wildman–Crippen MR) is 37.4 cm³/mol. The number of H-pyrrole nitrogens is 1. The summed E-state index contributed by atoms with van der Waals surface area (Å²) in [5, 5.41) is 16.7. The van der Waals surface area contributed by atoms with Gasteiger partial charge in [0.05, 0.1) is 0 Å². The van der Waals surface area contributed by atoms with Gasteiger partial charge in [0.1, 0.15) is 4.60 Å². The highest BCUT2D eigenvalue weighted by molar-refractivity contribution is 9.10. The predicted octanol–water partition coefficient (Wildman–Crippen LogP) is 0.617. The van der Waals surface area contributed by atoms with Crippen LogP contribution in [0, 0.1) is 0 Å². The molecule has 6 nitrogen and oxygen atoms in total. The van der Waals surface area contributed by atoms with E-state index in [9.17, 15) is 0 Å². The molecule has 2 aromatic heterocycles. The van der Waals surface area contributed by atoms with Crippen LogP contribution in [-0.4, -0.2) is 25.8 Å². The number of rotatable bonds is 1. The van der Waals surface area contributed by atoms with Crippen molar-refractivity contribution >= 4 is 15.9 Å². The highest BCUT2D eigenvalue weighted by Crippen LogP contribution is 2.17. The van der Waals surface area contributed by atoms with Gasteiger partial charge >= 0.3 is 0 Å². The van der Waals surface area contributed by atoms with Crippen molar-refractivity contribution in [2.75, 3.05) is 0 Å². The Morgan fingerprint density at radius 3 is 3.00 bits per heavy atom. The van der Waals surface area contributed by atoms with Gasteiger partial charge in [-0.05, 0) is 21.1 Å². The van der Waals surface area contributed by atoms with Crippen molar-refractivity contribution in [2.24, 2.45) is 0 Å². The first-order valence-corrected chi connectivity index (χ1v) is 3.51. The SMILES string of the molecule is Brc1cc(-c2nn[nH]n2)on1. The maximum Gasteiger partial charge on any atom is 0.242 e. The fourth-order valence-corrected chi connectivity index (χ4v) is 0.906. The molecule has 56 valence electrons. The van der Waals surface area contributed by atoms with E-state index in [1.54, 1.807) is 6.07 Å². The molecule has 2 heterocycles. The smallest absolute Gasteiger partial charge is 0.242 e. The third kappa shape index (κ3) is 1.14. The fraction of sp³-hybridized carbons (Fsp3) is 0. The Morgan fingerprint density at radius 2 is 2.45 bits per heavy atom. The van der Waals surface area contributed by atoms with Gasteiger partial charge < -0.3 is 4.52 Å². The molecule has 0 spiro atoms. The van der Waals surface area contributed by atoms with Crippen molar-refractivity contribution in [1.82, 2.24) is 25.8 Å². The number of tetrazole rings is 1. The van der Waals surface area contributed by atoms with E-state index < -0.39 is 0 Å². The minimum absolute atomic E-state index is 0.392. The summed E-state index contributed by atoms with van der Waals surface area (Å²) in [4.78, 5) is 0. The van der Waals surface area contributed by atoms with Crippen molar-refractivity contribution in [1.29, 1.82) is 0 Å². The monoisotopic (exact) mass is 215 g/mol. The molecule has 0 atom stereocenters. The summed E-state index contributed by atoms with van der Waals surface area (Å²) in [6.07, 6.45) is 0. The molecular formula is C4H2BrN5O. The van der Waals surface area contributed by atoms with Crippen LogP contribution in [-0.2, 0) is 0 Å². The van der Waals surface area contributed by atoms with Gasteiger partial charge in [0.2, 0.25) is 11.6 Å². The van der Waals surface area contributed by atoms with Gasteiger partial charge in [-0.2, -0.15) is 5.21 Å². The van der Waals surface area contributed by atoms with Crippen LogP contribution in [0.4, 0.5) is 0 Å². The quantitative estimate of drug-likeness (QED) is 0.755. The van der Waals surface area contributed by atoms with Gasteiger partial charge in [-0.1, -0.05) is 5.16 Å². The number of nitrogens with zero attached hydrogens (tertiary/aromatic N) is 4. The number of hydrogen-bond donors (Lipinski definition) is 1. The van der Waals surface area contributed by atoms with Gasteiger partial charge in [0.25, 0.3) is 0 Å². The topological polar surface area (TPSA) is 80.5 Å². The molecule has 7 heteroatoms. The second kappa shape index (κ2) is 2.42. The average molecular weight is 216 g/mol. The molecule has 11 heavy (non-hydrogen) atoms. The Labute approximate surface area is 69.1 Å². The van der Waals surface area contributed by atoms with Crippen LogP contribution in [0.3, 0.4) is 0 Å². The number of nitrogens with one attached hydrogen (secondary N) is 1. The number of hydrogen-bond acceptors (Lipinski definition) is 5. The summed E-state index contributed by atoms with van der Waals surface area (Å²) in [6, 6.07) is 1.66. The van der Waals surface area contributed by atoms with Gasteiger partial charge in [0.15, 0.2) is 0 Å². The molecular weight excluding hydrogens is 214 g/mol. The second-order valence-electron chi connectivity index (χ2n) is 1.75. The van der Waals surface area contributed by atoms with E-state index in [-0.39, 0.29) is 0 Å². The Morgan fingerprint density at radius 1 is 1.55 bits per heavy atom. The second-order valence-corrected chi connectivity index (χ2v) is 2.56. The molecule has 2 rings (SSSR count). The Kier molecular flexibility index (Phi) is 1.42. The minimum Gasteiger partial charge on any atom is -0.352 e. The zero-order chi connectivity index (χ0) is 7.68. The van der Waals surface area contributed by atoms with Crippen molar-refractivity contribution in [3.63, 3.8) is 0 Å². The van der Waals surface area contributed by atoms with Gasteiger partial charge in [0, 0.05) is 6.07 Å². The first-order chi connectivity index (χ1) is 5.36.